The normalized spacial score (nSPS) is 16.7. The molecule has 3 aromatic rings. The Labute approximate surface area is 166 Å². The van der Waals surface area contributed by atoms with Crippen LogP contribution in [0.15, 0.2) is 70.6 Å². The number of phenols is 1. The zero-order chi connectivity index (χ0) is 19.5. The Morgan fingerprint density at radius 3 is 2.75 bits per heavy atom. The number of hydrogen-bond donors (Lipinski definition) is 2. The van der Waals surface area contributed by atoms with Crippen LogP contribution in [0.3, 0.4) is 0 Å². The number of phenolic OH excluding ortho intramolecular Hbond substituents is 1. The van der Waals surface area contributed by atoms with Gasteiger partial charge in [-0.15, -0.1) is 0 Å². The molecule has 0 aromatic heterocycles. The van der Waals surface area contributed by atoms with Gasteiger partial charge in [-0.3, -0.25) is 4.79 Å². The van der Waals surface area contributed by atoms with Gasteiger partial charge in [0.25, 0.3) is 5.91 Å². The second-order valence-electron chi connectivity index (χ2n) is 6.17. The van der Waals surface area contributed by atoms with Crippen LogP contribution in [0.5, 0.6) is 11.5 Å². The van der Waals surface area contributed by atoms with Gasteiger partial charge in [0.1, 0.15) is 0 Å². The van der Waals surface area contributed by atoms with Crippen molar-refractivity contribution in [3.05, 3.63) is 71.1 Å². The van der Waals surface area contributed by atoms with Gasteiger partial charge in [-0.05, 0) is 65.4 Å². The molecule has 3 aromatic carbocycles. The van der Waals surface area contributed by atoms with Gasteiger partial charge >= 0.3 is 0 Å². The van der Waals surface area contributed by atoms with E-state index in [-0.39, 0.29) is 11.7 Å². The maximum atomic E-state index is 12.3. The largest absolute Gasteiger partial charge is 0.504 e. The minimum atomic E-state index is -0.199. The van der Waals surface area contributed by atoms with Crippen LogP contribution >= 0.6 is 11.8 Å². The average Bonchev–Trinajstić information content (AvgIpc) is 3.03. The Hall–Kier alpha value is -3.25. The first kappa shape index (κ1) is 18.1. The summed E-state index contributed by atoms with van der Waals surface area (Å²) < 4.78 is 5.39. The van der Waals surface area contributed by atoms with Crippen molar-refractivity contribution >= 4 is 45.4 Å². The van der Waals surface area contributed by atoms with E-state index >= 15 is 0 Å². The standard InChI is InChI=1S/C22H18N2O3S/c1-2-27-19-11-14(7-10-18(19)25)12-20-21(26)24-22(28-20)23-17-9-8-15-5-3-4-6-16(15)13-17/h3-13,25H,2H2,1H3,(H,23,24,26). The third-order valence-electron chi connectivity index (χ3n) is 4.20. The summed E-state index contributed by atoms with van der Waals surface area (Å²) in [6, 6.07) is 19.0. The molecule has 2 N–H and O–H groups in total. The number of amidine groups is 1. The first-order valence-electron chi connectivity index (χ1n) is 8.86. The molecule has 1 aliphatic heterocycles. The number of aromatic hydroxyl groups is 1. The number of hydrogen-bond acceptors (Lipinski definition) is 5. The molecule has 0 unspecified atom stereocenters. The van der Waals surface area contributed by atoms with E-state index in [2.05, 4.69) is 10.3 Å². The zero-order valence-corrected chi connectivity index (χ0v) is 16.0. The van der Waals surface area contributed by atoms with Crippen LogP contribution in [0, 0.1) is 0 Å². The summed E-state index contributed by atoms with van der Waals surface area (Å²) in [6.07, 6.45) is 1.75. The van der Waals surface area contributed by atoms with E-state index in [0.717, 1.165) is 22.0 Å². The van der Waals surface area contributed by atoms with Gasteiger partial charge in [0.05, 0.1) is 17.2 Å². The van der Waals surface area contributed by atoms with E-state index in [4.69, 9.17) is 4.74 Å². The lowest BCUT2D eigenvalue weighted by molar-refractivity contribution is -0.115. The molecule has 6 heteroatoms. The number of nitrogens with zero attached hydrogens (tertiary/aromatic N) is 1. The molecule has 0 radical (unpaired) electrons. The van der Waals surface area contributed by atoms with Gasteiger partial charge in [0.2, 0.25) is 0 Å². The number of carbonyl (C=O) groups is 1. The molecule has 5 nitrogen and oxygen atoms in total. The highest BCUT2D eigenvalue weighted by atomic mass is 32.2. The molecular formula is C22H18N2O3S. The van der Waals surface area contributed by atoms with Gasteiger partial charge in [-0.25, -0.2) is 4.99 Å². The molecule has 1 heterocycles. The molecule has 0 saturated carbocycles. The summed E-state index contributed by atoms with van der Waals surface area (Å²) in [4.78, 5) is 17.4. The van der Waals surface area contributed by atoms with Crippen LogP contribution in [0.4, 0.5) is 5.69 Å². The molecular weight excluding hydrogens is 372 g/mol. The van der Waals surface area contributed by atoms with E-state index in [1.807, 2.05) is 49.4 Å². The third kappa shape index (κ3) is 3.87. The Morgan fingerprint density at radius 1 is 1.11 bits per heavy atom. The van der Waals surface area contributed by atoms with Crippen molar-refractivity contribution in [1.82, 2.24) is 5.32 Å². The average molecular weight is 390 g/mol. The summed E-state index contributed by atoms with van der Waals surface area (Å²) in [7, 11) is 0. The molecule has 0 bridgehead atoms. The molecule has 0 spiro atoms. The molecule has 1 aliphatic rings. The summed E-state index contributed by atoms with van der Waals surface area (Å²) in [5, 5.41) is 15.4. The Kier molecular flexibility index (Phi) is 5.04. The molecule has 1 amide bonds. The van der Waals surface area contributed by atoms with E-state index in [1.165, 1.54) is 11.8 Å². The van der Waals surface area contributed by atoms with Crippen molar-refractivity contribution in [2.24, 2.45) is 4.99 Å². The van der Waals surface area contributed by atoms with E-state index in [0.29, 0.717) is 22.4 Å². The highest BCUT2D eigenvalue weighted by Crippen LogP contribution is 2.32. The summed E-state index contributed by atoms with van der Waals surface area (Å²) in [5.41, 5.74) is 1.55. The highest BCUT2D eigenvalue weighted by Gasteiger charge is 2.24. The predicted molar refractivity (Wildman–Crippen MR) is 114 cm³/mol. The molecule has 0 atom stereocenters. The first-order chi connectivity index (χ1) is 13.6. The topological polar surface area (TPSA) is 70.9 Å². The van der Waals surface area contributed by atoms with Crippen LogP contribution in [0.25, 0.3) is 16.8 Å². The number of thioether (sulfide) groups is 1. The Bertz CT molecular complexity index is 1120. The van der Waals surface area contributed by atoms with Crippen molar-refractivity contribution in [2.45, 2.75) is 6.92 Å². The fourth-order valence-electron chi connectivity index (χ4n) is 2.89. The van der Waals surface area contributed by atoms with Crippen molar-refractivity contribution in [3.8, 4) is 11.5 Å². The second-order valence-corrected chi connectivity index (χ2v) is 7.20. The summed E-state index contributed by atoms with van der Waals surface area (Å²) in [6.45, 7) is 2.30. The van der Waals surface area contributed by atoms with Crippen LogP contribution in [0.2, 0.25) is 0 Å². The van der Waals surface area contributed by atoms with Crippen molar-refractivity contribution < 1.29 is 14.6 Å². The molecule has 0 aliphatic carbocycles. The molecule has 140 valence electrons. The number of carbonyl (C=O) groups excluding carboxylic acids is 1. The molecule has 1 fully saturated rings. The number of fused-ring (bicyclic) bond motifs is 1. The lowest BCUT2D eigenvalue weighted by Gasteiger charge is -2.06. The highest BCUT2D eigenvalue weighted by molar-refractivity contribution is 8.18. The number of benzene rings is 3. The lowest BCUT2D eigenvalue weighted by Crippen LogP contribution is -2.19. The Balaban J connectivity index is 1.58. The van der Waals surface area contributed by atoms with Crippen molar-refractivity contribution in [3.63, 3.8) is 0 Å². The van der Waals surface area contributed by atoms with Gasteiger partial charge in [0, 0.05) is 0 Å². The second kappa shape index (κ2) is 7.78. The zero-order valence-electron chi connectivity index (χ0n) is 15.2. The van der Waals surface area contributed by atoms with Crippen LogP contribution in [-0.4, -0.2) is 22.8 Å². The van der Waals surface area contributed by atoms with E-state index in [9.17, 15) is 9.90 Å². The Morgan fingerprint density at radius 2 is 1.93 bits per heavy atom. The van der Waals surface area contributed by atoms with Gasteiger partial charge < -0.3 is 15.2 Å². The number of ether oxygens (including phenoxy) is 1. The third-order valence-corrected chi connectivity index (χ3v) is 5.11. The van der Waals surface area contributed by atoms with Gasteiger partial charge in [-0.2, -0.15) is 0 Å². The quantitative estimate of drug-likeness (QED) is 0.626. The predicted octanol–water partition coefficient (Wildman–Crippen LogP) is 4.84. The number of amides is 1. The van der Waals surface area contributed by atoms with E-state index in [1.54, 1.807) is 24.3 Å². The fourth-order valence-corrected chi connectivity index (χ4v) is 3.73. The number of rotatable bonds is 4. The summed E-state index contributed by atoms with van der Waals surface area (Å²) >= 11 is 1.28. The van der Waals surface area contributed by atoms with Crippen LogP contribution in [-0.2, 0) is 4.79 Å². The van der Waals surface area contributed by atoms with Crippen molar-refractivity contribution in [2.75, 3.05) is 6.61 Å². The fraction of sp³-hybridized carbons (Fsp3) is 0.0909. The monoisotopic (exact) mass is 390 g/mol. The smallest absolute Gasteiger partial charge is 0.264 e. The maximum Gasteiger partial charge on any atom is 0.264 e. The van der Waals surface area contributed by atoms with Crippen molar-refractivity contribution in [1.29, 1.82) is 0 Å². The number of aliphatic imine (C=N–C) groups is 1. The lowest BCUT2D eigenvalue weighted by atomic mass is 10.1. The van der Waals surface area contributed by atoms with Gasteiger partial charge in [0.15, 0.2) is 16.7 Å². The summed E-state index contributed by atoms with van der Waals surface area (Å²) in [5.74, 6) is 0.270. The van der Waals surface area contributed by atoms with E-state index < -0.39 is 0 Å². The minimum absolute atomic E-state index is 0.0751. The maximum absolute atomic E-state index is 12.3. The van der Waals surface area contributed by atoms with Crippen LogP contribution < -0.4 is 10.1 Å². The molecule has 1 saturated heterocycles. The van der Waals surface area contributed by atoms with Crippen LogP contribution in [0.1, 0.15) is 12.5 Å². The molecule has 4 rings (SSSR count). The SMILES string of the molecule is CCOc1cc(C=C2SC(=Nc3ccc4ccccc4c3)NC2=O)ccc1O. The minimum Gasteiger partial charge on any atom is -0.504 e. The molecule has 28 heavy (non-hydrogen) atoms. The van der Waals surface area contributed by atoms with Gasteiger partial charge in [-0.1, -0.05) is 36.4 Å². The number of nitrogens with one attached hydrogen (secondary N) is 1. The first-order valence-corrected chi connectivity index (χ1v) is 9.68.